The molecule has 0 bridgehead atoms. The van der Waals surface area contributed by atoms with Crippen molar-refractivity contribution in [3.05, 3.63) is 218 Å². The zero-order valence-electron chi connectivity index (χ0n) is 33.5. The van der Waals surface area contributed by atoms with Gasteiger partial charge in [0.25, 0.3) is 0 Å². The number of rotatable bonds is 7. The highest BCUT2D eigenvalue weighted by Crippen LogP contribution is 2.40. The van der Waals surface area contributed by atoms with E-state index in [-0.39, 0.29) is 0 Å². The average Bonchev–Trinajstić information content (AvgIpc) is 3.89. The molecule has 12 rings (SSSR count). The summed E-state index contributed by atoms with van der Waals surface area (Å²) in [6.45, 7) is 0. The molecule has 0 aliphatic carbocycles. The van der Waals surface area contributed by atoms with Gasteiger partial charge in [0.05, 0.1) is 16.7 Å². The molecule has 9 aromatic carbocycles. The lowest BCUT2D eigenvalue weighted by atomic mass is 10.00. The maximum atomic E-state index is 5.23. The Morgan fingerprint density at radius 2 is 0.774 bits per heavy atom. The van der Waals surface area contributed by atoms with E-state index in [2.05, 4.69) is 205 Å². The van der Waals surface area contributed by atoms with Crippen molar-refractivity contribution in [2.75, 3.05) is 0 Å². The lowest BCUT2D eigenvalue weighted by Gasteiger charge is -2.16. The van der Waals surface area contributed by atoms with E-state index >= 15 is 0 Å². The van der Waals surface area contributed by atoms with Crippen molar-refractivity contribution in [2.45, 2.75) is 0 Å². The van der Waals surface area contributed by atoms with Crippen LogP contribution in [0.1, 0.15) is 0 Å². The van der Waals surface area contributed by atoms with Crippen molar-refractivity contribution in [2.24, 2.45) is 0 Å². The Kier molecular flexibility index (Phi) is 8.65. The van der Waals surface area contributed by atoms with Gasteiger partial charge in [-0.1, -0.05) is 182 Å². The second-order valence-corrected chi connectivity index (χ2v) is 16.7. The Morgan fingerprint density at radius 1 is 0.290 bits per heavy atom. The van der Waals surface area contributed by atoms with E-state index < -0.39 is 0 Å². The predicted octanol–water partition coefficient (Wildman–Crippen LogP) is 15.3. The summed E-state index contributed by atoms with van der Waals surface area (Å²) in [6.07, 6.45) is 0. The second-order valence-electron chi connectivity index (χ2n) is 15.6. The van der Waals surface area contributed by atoms with Crippen molar-refractivity contribution in [1.82, 2.24) is 19.5 Å². The fourth-order valence-electron chi connectivity index (χ4n) is 8.83. The summed E-state index contributed by atoms with van der Waals surface area (Å²) >= 11 is 1.84. The smallest absolute Gasteiger partial charge is 0.164 e. The van der Waals surface area contributed by atoms with Crippen molar-refractivity contribution in [3.63, 3.8) is 0 Å². The van der Waals surface area contributed by atoms with Gasteiger partial charge in [-0.3, -0.25) is 0 Å². The third-order valence-electron chi connectivity index (χ3n) is 11.9. The zero-order valence-corrected chi connectivity index (χ0v) is 34.3. The molecule has 290 valence electrons. The van der Waals surface area contributed by atoms with Gasteiger partial charge in [-0.25, -0.2) is 15.0 Å². The fraction of sp³-hybridized carbons (Fsp3) is 0. The third-order valence-corrected chi connectivity index (χ3v) is 13.0. The van der Waals surface area contributed by atoms with Crippen molar-refractivity contribution in [3.8, 4) is 73.2 Å². The van der Waals surface area contributed by atoms with Crippen LogP contribution in [0.25, 0.3) is 115 Å². The van der Waals surface area contributed by atoms with Gasteiger partial charge in [-0.2, -0.15) is 0 Å². The summed E-state index contributed by atoms with van der Waals surface area (Å²) in [6, 6.07) is 77.6. The van der Waals surface area contributed by atoms with Crippen LogP contribution in [0.3, 0.4) is 0 Å². The summed E-state index contributed by atoms with van der Waals surface area (Å²) in [5.74, 6) is 1.87. The molecule has 0 spiro atoms. The molecule has 0 unspecified atom stereocenters. The Morgan fingerprint density at radius 3 is 1.52 bits per heavy atom. The van der Waals surface area contributed by atoms with Gasteiger partial charge < -0.3 is 4.57 Å². The number of hydrogen-bond acceptors (Lipinski definition) is 4. The molecule has 0 fully saturated rings. The maximum Gasteiger partial charge on any atom is 0.164 e. The van der Waals surface area contributed by atoms with Crippen molar-refractivity contribution < 1.29 is 0 Å². The number of thiophene rings is 1. The van der Waals surface area contributed by atoms with Gasteiger partial charge in [0.2, 0.25) is 0 Å². The first-order valence-corrected chi connectivity index (χ1v) is 21.7. The summed E-state index contributed by atoms with van der Waals surface area (Å²) in [7, 11) is 0. The first-order chi connectivity index (χ1) is 30.7. The molecular weight excluding hydrogens is 773 g/mol. The monoisotopic (exact) mass is 808 g/mol. The number of aromatic nitrogens is 4. The van der Waals surface area contributed by atoms with E-state index in [0.717, 1.165) is 50.1 Å². The Hall–Kier alpha value is -7.99. The molecule has 0 radical (unpaired) electrons. The van der Waals surface area contributed by atoms with Gasteiger partial charge in [0, 0.05) is 53.2 Å². The van der Waals surface area contributed by atoms with Crippen LogP contribution in [0.15, 0.2) is 218 Å². The number of para-hydroxylation sites is 1. The number of benzene rings is 9. The molecular formula is C57H36N4S. The van der Waals surface area contributed by atoms with Crippen LogP contribution < -0.4 is 0 Å². The Labute approximate surface area is 362 Å². The molecule has 4 nitrogen and oxygen atoms in total. The fourth-order valence-corrected chi connectivity index (χ4v) is 9.97. The predicted molar refractivity (Wildman–Crippen MR) is 260 cm³/mol. The van der Waals surface area contributed by atoms with Crippen LogP contribution in [0.2, 0.25) is 0 Å². The molecule has 12 aromatic rings. The highest BCUT2D eigenvalue weighted by molar-refractivity contribution is 7.25. The molecule has 3 aromatic heterocycles. The highest BCUT2D eigenvalue weighted by Gasteiger charge is 2.20. The van der Waals surface area contributed by atoms with Crippen LogP contribution in [-0.2, 0) is 0 Å². The topological polar surface area (TPSA) is 43.6 Å². The molecule has 0 N–H and O–H groups in total. The molecule has 0 amide bonds. The lowest BCUT2D eigenvalue weighted by molar-refractivity contribution is 1.07. The molecule has 3 heterocycles. The van der Waals surface area contributed by atoms with E-state index in [1.807, 2.05) is 29.5 Å². The minimum Gasteiger partial charge on any atom is -0.309 e. The SMILES string of the molecule is c1ccc(-c2ccc3c(c2)c2ccccc2n3-c2cc(-c3nc(-c4ccccc4)nc(-c4ccc(-c5ccc6c(c5)sc5ccccc56)cc4)n3)ccc2-c2ccccc2)cc1. The normalized spacial score (nSPS) is 11.5. The molecule has 5 heteroatoms. The summed E-state index contributed by atoms with van der Waals surface area (Å²) in [5, 5.41) is 5.01. The van der Waals surface area contributed by atoms with E-state index in [1.165, 1.54) is 47.6 Å². The van der Waals surface area contributed by atoms with E-state index in [1.54, 1.807) is 0 Å². The molecule has 0 saturated heterocycles. The highest BCUT2D eigenvalue weighted by atomic mass is 32.1. The Bertz CT molecular complexity index is 3610. The Balaban J connectivity index is 1.01. The van der Waals surface area contributed by atoms with Gasteiger partial charge in [0.15, 0.2) is 17.5 Å². The maximum absolute atomic E-state index is 5.23. The second kappa shape index (κ2) is 14.9. The third kappa shape index (κ3) is 6.26. The number of fused-ring (bicyclic) bond motifs is 6. The van der Waals surface area contributed by atoms with E-state index in [0.29, 0.717) is 17.5 Å². The summed E-state index contributed by atoms with van der Waals surface area (Å²) in [4.78, 5) is 15.5. The first-order valence-electron chi connectivity index (χ1n) is 20.8. The zero-order chi connectivity index (χ0) is 41.0. The standard InChI is InChI=1S/C57H36N4S/c1-4-14-37(15-5-1)42-30-33-51-49(34-42)46-20-10-12-22-50(46)61(51)52-35-44(29-31-45(52)39-16-6-2-7-17-39)57-59-55(40-18-8-3-9-19-40)58-56(60-57)41-26-24-38(25-27-41)43-28-32-48-47-21-11-13-23-53(47)62-54(48)36-43/h1-36H. The van der Waals surface area contributed by atoms with Gasteiger partial charge in [-0.05, 0) is 64.2 Å². The van der Waals surface area contributed by atoms with Gasteiger partial charge in [0.1, 0.15) is 0 Å². The summed E-state index contributed by atoms with van der Waals surface area (Å²) in [5.41, 5.74) is 13.0. The lowest BCUT2D eigenvalue weighted by Crippen LogP contribution is -2.02. The van der Waals surface area contributed by atoms with Crippen molar-refractivity contribution >= 4 is 53.3 Å². The molecule has 0 atom stereocenters. The minimum atomic E-state index is 0.612. The van der Waals surface area contributed by atoms with E-state index in [9.17, 15) is 0 Å². The van der Waals surface area contributed by atoms with Gasteiger partial charge in [-0.15, -0.1) is 11.3 Å². The summed E-state index contributed by atoms with van der Waals surface area (Å²) < 4.78 is 5.00. The van der Waals surface area contributed by atoms with Crippen LogP contribution in [-0.4, -0.2) is 19.5 Å². The number of hydrogen-bond donors (Lipinski definition) is 0. The van der Waals surface area contributed by atoms with Crippen LogP contribution in [0.4, 0.5) is 0 Å². The molecule has 0 saturated carbocycles. The van der Waals surface area contributed by atoms with E-state index in [4.69, 9.17) is 15.0 Å². The first kappa shape index (κ1) is 35.9. The quantitative estimate of drug-likeness (QED) is 0.161. The van der Waals surface area contributed by atoms with Crippen LogP contribution >= 0.6 is 11.3 Å². The average molecular weight is 809 g/mol. The largest absolute Gasteiger partial charge is 0.309 e. The van der Waals surface area contributed by atoms with Crippen LogP contribution in [0.5, 0.6) is 0 Å². The van der Waals surface area contributed by atoms with Gasteiger partial charge >= 0.3 is 0 Å². The minimum absolute atomic E-state index is 0.612. The molecule has 62 heavy (non-hydrogen) atoms. The number of nitrogens with zero attached hydrogens (tertiary/aromatic N) is 4. The molecule has 0 aliphatic rings. The molecule has 0 aliphatic heterocycles. The van der Waals surface area contributed by atoms with Crippen molar-refractivity contribution in [1.29, 1.82) is 0 Å². The van der Waals surface area contributed by atoms with Crippen LogP contribution in [0, 0.1) is 0 Å².